The molecule has 0 saturated heterocycles. The van der Waals surface area contributed by atoms with Crippen molar-refractivity contribution in [3.05, 3.63) is 230 Å². The second kappa shape index (κ2) is 17.7. The number of hydrogen-bond donors (Lipinski definition) is 0. The van der Waals surface area contributed by atoms with Gasteiger partial charge in [-0.2, -0.15) is 0 Å². The van der Waals surface area contributed by atoms with Crippen molar-refractivity contribution in [2.24, 2.45) is 0 Å². The van der Waals surface area contributed by atoms with Gasteiger partial charge in [-0.3, -0.25) is 0 Å². The molecule has 0 aromatic heterocycles. The van der Waals surface area contributed by atoms with E-state index in [1.165, 1.54) is 22.6 Å². The molecule has 0 spiro atoms. The van der Waals surface area contributed by atoms with Crippen LogP contribution >= 0.6 is 0 Å². The van der Waals surface area contributed by atoms with Crippen molar-refractivity contribution in [2.45, 2.75) is 0 Å². The molecule has 7 aromatic carbocycles. The molecule has 0 N–H and O–H groups in total. The first kappa shape index (κ1) is 46.6. The van der Waals surface area contributed by atoms with Crippen LogP contribution in [0.1, 0.15) is 16.7 Å². The van der Waals surface area contributed by atoms with Gasteiger partial charge in [0.15, 0.2) is 69.8 Å². The summed E-state index contributed by atoms with van der Waals surface area (Å²) in [7, 11) is 0. The predicted molar refractivity (Wildman–Crippen MR) is 189 cm³/mol. The fraction of sp³-hybridized carbons (Fsp3) is 0. The molecule has 0 saturated carbocycles. The second-order valence-electron chi connectivity index (χ2n) is 13.3. The molecule has 0 aliphatic carbocycles. The molecule has 0 amide bonds. The normalized spacial score (nSPS) is 11.4. The molecule has 0 fully saturated rings. The van der Waals surface area contributed by atoms with Crippen LogP contribution in [0.5, 0.6) is 0 Å². The number of halogens is 20. The molecule has 0 nitrogen and oxygen atoms in total. The smallest absolute Gasteiger partial charge is 0.200 e. The Hall–Kier alpha value is -6.93. The number of hydrogen-bond acceptors (Lipinski definition) is 0. The average Bonchev–Trinajstić information content (AvgIpc) is 3.30. The van der Waals surface area contributed by atoms with E-state index in [1.54, 1.807) is 0 Å². The lowest BCUT2D eigenvalue weighted by Crippen LogP contribution is -2.81. The van der Waals surface area contributed by atoms with E-state index in [4.69, 9.17) is 0 Å². The summed E-state index contributed by atoms with van der Waals surface area (Å²) in [4.78, 5) is 0. The van der Waals surface area contributed by atoms with E-state index in [-0.39, 0.29) is 0 Å². The molecule has 330 valence electrons. The highest BCUT2D eigenvalue weighted by Crippen LogP contribution is 2.32. The summed E-state index contributed by atoms with van der Waals surface area (Å²) >= 11 is 0. The summed E-state index contributed by atoms with van der Waals surface area (Å²) in [5.41, 5.74) is -10.6. The molecular weight excluding hydrogens is 907 g/mol. The Labute approximate surface area is 345 Å². The van der Waals surface area contributed by atoms with E-state index < -0.39 is 144 Å². The van der Waals surface area contributed by atoms with Gasteiger partial charge in [-0.15, -0.1) is 21.9 Å². The maximum Gasteiger partial charge on any atom is 0.200 e. The minimum absolute atomic E-state index is 1.25. The lowest BCUT2D eigenvalue weighted by Gasteiger charge is -2.44. The van der Waals surface area contributed by atoms with Crippen molar-refractivity contribution in [1.82, 2.24) is 0 Å². The van der Waals surface area contributed by atoms with Crippen molar-refractivity contribution >= 4 is 28.0 Å². The van der Waals surface area contributed by atoms with Gasteiger partial charge < -0.3 is 0 Å². The zero-order chi connectivity index (χ0) is 47.3. The number of benzene rings is 7. The van der Waals surface area contributed by atoms with Crippen LogP contribution < -0.4 is 21.9 Å². The van der Waals surface area contributed by atoms with Crippen LogP contribution in [0.4, 0.5) is 87.8 Å². The summed E-state index contributed by atoms with van der Waals surface area (Å²) < 4.78 is 294. The summed E-state index contributed by atoms with van der Waals surface area (Å²) in [6, 6.07) is 31.6. The van der Waals surface area contributed by atoms with Gasteiger partial charge >= 0.3 is 0 Å². The van der Waals surface area contributed by atoms with E-state index in [0.717, 1.165) is 0 Å². The van der Waals surface area contributed by atoms with Crippen molar-refractivity contribution in [1.29, 1.82) is 0 Å². The van der Waals surface area contributed by atoms with Crippen LogP contribution in [0.25, 0.3) is 0 Å². The van der Waals surface area contributed by atoms with Gasteiger partial charge in [-0.25, -0.2) is 87.8 Å². The monoisotopic (exact) mass is 922 g/mol. The van der Waals surface area contributed by atoms with Crippen molar-refractivity contribution in [3.8, 4) is 0 Å². The van der Waals surface area contributed by atoms with E-state index in [1.807, 2.05) is 0 Å². The van der Waals surface area contributed by atoms with Gasteiger partial charge in [0.25, 0.3) is 0 Å². The Morgan fingerprint density at radius 1 is 0.203 bits per heavy atom. The quantitative estimate of drug-likeness (QED) is 0.0373. The Morgan fingerprint density at radius 2 is 0.344 bits per heavy atom. The van der Waals surface area contributed by atoms with Crippen LogP contribution in [0.3, 0.4) is 0 Å². The Morgan fingerprint density at radius 3 is 0.500 bits per heavy atom. The van der Waals surface area contributed by atoms with E-state index in [0.29, 0.717) is 0 Å². The number of rotatable bonds is 7. The van der Waals surface area contributed by atoms with Gasteiger partial charge in [-0.1, -0.05) is 18.2 Å². The lowest BCUT2D eigenvalue weighted by molar-refractivity contribution is 0.378. The Kier molecular flexibility index (Phi) is 12.9. The van der Waals surface area contributed by atoms with Gasteiger partial charge in [0.2, 0.25) is 0 Å². The molecular formula is C43H15BF20. The molecule has 0 atom stereocenters. The minimum Gasteiger partial charge on any atom is -0.207 e. The first-order valence-electron chi connectivity index (χ1n) is 17.4. The van der Waals surface area contributed by atoms with E-state index in [2.05, 4.69) is 91.0 Å². The lowest BCUT2D eigenvalue weighted by atomic mass is 9.12. The van der Waals surface area contributed by atoms with Gasteiger partial charge in [0.05, 0.1) is 22.6 Å². The van der Waals surface area contributed by atoms with Crippen molar-refractivity contribution in [2.75, 3.05) is 0 Å². The van der Waals surface area contributed by atoms with E-state index in [9.17, 15) is 52.7 Å². The van der Waals surface area contributed by atoms with Gasteiger partial charge in [0.1, 0.15) is 52.7 Å². The first-order valence-corrected chi connectivity index (χ1v) is 17.4. The van der Waals surface area contributed by atoms with Crippen LogP contribution in [-0.2, 0) is 0 Å². The summed E-state index contributed by atoms with van der Waals surface area (Å²) in [5, 5.41) is 0. The standard InChI is InChI=1S/C24BF20.C19H15/c26-5-1(6(27)14(35)21(42)13(5)34)25(2-7(28)15(36)22(43)16(37)8(2)29,3-9(30)17(38)23(44)18(39)10(3)31)4-11(32)19(40)24(45)20(41)12(4)33;1-4-10-16(11-5-1)19(17-12-6-2-7-13-17)18-14-8-3-9-15-18/h;1-15H/q-1;+1. The topological polar surface area (TPSA) is 0 Å². The molecule has 0 radical (unpaired) electrons. The molecule has 7 rings (SSSR count). The van der Waals surface area contributed by atoms with Crippen LogP contribution in [-0.4, -0.2) is 6.15 Å². The molecule has 0 heterocycles. The first-order chi connectivity index (χ1) is 30.2. The molecule has 0 aliphatic rings. The van der Waals surface area contributed by atoms with Crippen molar-refractivity contribution < 1.29 is 87.8 Å². The summed E-state index contributed by atoms with van der Waals surface area (Å²) in [6.45, 7) is 0. The Bertz CT molecular complexity index is 2450. The maximum absolute atomic E-state index is 15.4. The highest BCUT2D eigenvalue weighted by molar-refractivity contribution is 7.20. The zero-order valence-corrected chi connectivity index (χ0v) is 30.8. The highest BCUT2D eigenvalue weighted by Gasteiger charge is 2.52. The summed E-state index contributed by atoms with van der Waals surface area (Å²) in [5.74, 6) is -70.1. The average molecular weight is 922 g/mol. The highest BCUT2D eigenvalue weighted by atomic mass is 19.2. The zero-order valence-electron chi connectivity index (χ0n) is 30.8. The van der Waals surface area contributed by atoms with E-state index >= 15 is 35.1 Å². The molecule has 64 heavy (non-hydrogen) atoms. The van der Waals surface area contributed by atoms with Crippen LogP contribution in [0.15, 0.2) is 91.0 Å². The maximum atomic E-state index is 15.4. The third kappa shape index (κ3) is 7.25. The third-order valence-electron chi connectivity index (χ3n) is 9.89. The van der Waals surface area contributed by atoms with Gasteiger partial charge in [-0.05, 0) is 72.8 Å². The van der Waals surface area contributed by atoms with Gasteiger partial charge in [0, 0.05) is 0 Å². The predicted octanol–water partition coefficient (Wildman–Crippen LogP) is 10.6. The fourth-order valence-corrected chi connectivity index (χ4v) is 7.19. The molecule has 0 aliphatic heterocycles. The molecule has 0 unspecified atom stereocenters. The molecule has 7 aromatic rings. The third-order valence-corrected chi connectivity index (χ3v) is 9.89. The van der Waals surface area contributed by atoms with Crippen molar-refractivity contribution in [3.63, 3.8) is 0 Å². The Balaban J connectivity index is 0.000000295. The second-order valence-corrected chi connectivity index (χ2v) is 13.3. The fourth-order valence-electron chi connectivity index (χ4n) is 7.19. The van der Waals surface area contributed by atoms with Crippen LogP contribution in [0.2, 0.25) is 0 Å². The van der Waals surface area contributed by atoms with Crippen LogP contribution in [0, 0.1) is 122 Å². The summed E-state index contributed by atoms with van der Waals surface area (Å²) in [6.07, 6.45) is -7.22. The minimum atomic E-state index is -7.22. The molecule has 0 bridgehead atoms. The molecule has 21 heteroatoms. The largest absolute Gasteiger partial charge is 0.207 e. The SMILES string of the molecule is Fc1c(F)c(F)c([B-](c2c(F)c(F)c(F)c(F)c2F)(c2c(F)c(F)c(F)c(F)c2F)c2c(F)c(F)c(F)c(F)c2F)c(F)c1F.c1ccc([C+](c2ccccc2)c2ccccc2)cc1.